The molecule has 2 bridgehead atoms. The largest absolute Gasteiger partial charge is 0.311 e. The highest BCUT2D eigenvalue weighted by molar-refractivity contribution is 4.99. The lowest BCUT2D eigenvalue weighted by molar-refractivity contribution is 0.211. The molecule has 0 spiro atoms. The van der Waals surface area contributed by atoms with Crippen molar-refractivity contribution in [2.75, 3.05) is 6.54 Å². The normalized spacial score (nSPS) is 46.7. The van der Waals surface area contributed by atoms with Gasteiger partial charge in [-0.1, -0.05) is 19.8 Å². The molecule has 1 saturated heterocycles. The second-order valence-electron chi connectivity index (χ2n) is 6.70. The van der Waals surface area contributed by atoms with Crippen LogP contribution in [-0.2, 0) is 0 Å². The van der Waals surface area contributed by atoms with E-state index in [0.29, 0.717) is 5.54 Å². The fourth-order valence-corrected chi connectivity index (χ4v) is 4.97. The first-order valence-electron chi connectivity index (χ1n) is 7.56. The van der Waals surface area contributed by atoms with E-state index in [-0.39, 0.29) is 0 Å². The molecule has 0 aromatic rings. The van der Waals surface area contributed by atoms with Crippen LogP contribution in [0.4, 0.5) is 0 Å². The summed E-state index contributed by atoms with van der Waals surface area (Å²) in [4.78, 5) is 0. The predicted octanol–water partition coefficient (Wildman–Crippen LogP) is 3.74. The Morgan fingerprint density at radius 1 is 1.25 bits per heavy atom. The van der Waals surface area contributed by atoms with Gasteiger partial charge in [-0.25, -0.2) is 0 Å². The number of nitrogens with one attached hydrogen (secondary N) is 1. The maximum Gasteiger partial charge on any atom is 0.0184 e. The molecule has 3 aliphatic rings. The monoisotopic (exact) mass is 221 g/mol. The molecule has 3 fully saturated rings. The Hall–Kier alpha value is -0.0400. The zero-order chi connectivity index (χ0) is 11.0. The van der Waals surface area contributed by atoms with Gasteiger partial charge in [0.25, 0.3) is 0 Å². The molecule has 0 radical (unpaired) electrons. The van der Waals surface area contributed by atoms with Crippen LogP contribution in [-0.4, -0.2) is 12.1 Å². The summed E-state index contributed by atoms with van der Waals surface area (Å²) in [5.74, 6) is 3.31. The van der Waals surface area contributed by atoms with E-state index >= 15 is 0 Å². The highest BCUT2D eigenvalue weighted by Gasteiger charge is 2.44. The number of fused-ring (bicyclic) bond motifs is 2. The molecular weight excluding hydrogens is 194 g/mol. The number of hydrogen-bond acceptors (Lipinski definition) is 1. The van der Waals surface area contributed by atoms with Gasteiger partial charge in [0.05, 0.1) is 0 Å². The summed E-state index contributed by atoms with van der Waals surface area (Å²) < 4.78 is 0. The Balaban J connectivity index is 1.63. The average Bonchev–Trinajstić information content (AvgIpc) is 2.94. The van der Waals surface area contributed by atoms with E-state index in [1.165, 1.54) is 38.6 Å². The van der Waals surface area contributed by atoms with Gasteiger partial charge in [-0.3, -0.25) is 0 Å². The van der Waals surface area contributed by atoms with Gasteiger partial charge in [0.15, 0.2) is 0 Å². The predicted molar refractivity (Wildman–Crippen MR) is 68.4 cm³/mol. The Labute approximate surface area is 100 Å². The highest BCUT2D eigenvalue weighted by atomic mass is 15.0. The second-order valence-corrected chi connectivity index (χ2v) is 6.70. The second kappa shape index (κ2) is 4.33. The van der Waals surface area contributed by atoms with Gasteiger partial charge in [-0.2, -0.15) is 0 Å². The van der Waals surface area contributed by atoms with Crippen LogP contribution in [0, 0.1) is 17.8 Å². The van der Waals surface area contributed by atoms with Crippen molar-refractivity contribution < 1.29 is 0 Å². The van der Waals surface area contributed by atoms with Gasteiger partial charge in [-0.15, -0.1) is 0 Å². The third kappa shape index (κ3) is 1.92. The lowest BCUT2D eigenvalue weighted by Gasteiger charge is -2.35. The van der Waals surface area contributed by atoms with E-state index < -0.39 is 0 Å². The maximum absolute atomic E-state index is 3.86. The van der Waals surface area contributed by atoms with E-state index in [4.69, 9.17) is 0 Å². The molecule has 2 aliphatic carbocycles. The quantitative estimate of drug-likeness (QED) is 0.762. The van der Waals surface area contributed by atoms with Gasteiger partial charge >= 0.3 is 0 Å². The maximum atomic E-state index is 3.86. The molecule has 4 unspecified atom stereocenters. The van der Waals surface area contributed by atoms with Crippen molar-refractivity contribution in [3.63, 3.8) is 0 Å². The Morgan fingerprint density at radius 3 is 2.75 bits per heavy atom. The van der Waals surface area contributed by atoms with Gasteiger partial charge in [0.1, 0.15) is 0 Å². The highest BCUT2D eigenvalue weighted by Crippen LogP contribution is 2.51. The fraction of sp³-hybridized carbons (Fsp3) is 1.00. The van der Waals surface area contributed by atoms with Crippen LogP contribution in [0.3, 0.4) is 0 Å². The van der Waals surface area contributed by atoms with Crippen molar-refractivity contribution in [3.8, 4) is 0 Å². The van der Waals surface area contributed by atoms with Crippen LogP contribution < -0.4 is 5.32 Å². The topological polar surface area (TPSA) is 12.0 Å². The lowest BCUT2D eigenvalue weighted by Crippen LogP contribution is -2.42. The van der Waals surface area contributed by atoms with Crippen molar-refractivity contribution in [1.82, 2.24) is 5.32 Å². The van der Waals surface area contributed by atoms with E-state index in [1.54, 1.807) is 25.7 Å². The van der Waals surface area contributed by atoms with Gasteiger partial charge in [0, 0.05) is 5.54 Å². The minimum absolute atomic E-state index is 0.559. The summed E-state index contributed by atoms with van der Waals surface area (Å²) in [5, 5.41) is 3.86. The van der Waals surface area contributed by atoms with Crippen molar-refractivity contribution in [2.45, 2.75) is 70.3 Å². The first-order chi connectivity index (χ1) is 7.81. The molecule has 4 atom stereocenters. The molecular formula is C15H27N. The zero-order valence-electron chi connectivity index (χ0n) is 10.8. The van der Waals surface area contributed by atoms with Crippen LogP contribution in [0.15, 0.2) is 0 Å². The number of rotatable bonds is 4. The molecule has 1 nitrogen and oxygen atoms in total. The van der Waals surface area contributed by atoms with Gasteiger partial charge in [-0.05, 0) is 69.2 Å². The Morgan fingerprint density at radius 2 is 2.19 bits per heavy atom. The smallest absolute Gasteiger partial charge is 0.0184 e. The Kier molecular flexibility index (Phi) is 2.99. The van der Waals surface area contributed by atoms with E-state index in [0.717, 1.165) is 17.8 Å². The minimum atomic E-state index is 0.559. The summed E-state index contributed by atoms with van der Waals surface area (Å²) in [6, 6.07) is 0. The van der Waals surface area contributed by atoms with Crippen LogP contribution in [0.2, 0.25) is 0 Å². The summed E-state index contributed by atoms with van der Waals surface area (Å²) in [6.45, 7) is 3.63. The number of hydrogen-bond donors (Lipinski definition) is 1. The molecule has 1 N–H and O–H groups in total. The van der Waals surface area contributed by atoms with Gasteiger partial charge in [0.2, 0.25) is 0 Å². The molecule has 1 heterocycles. The Bertz CT molecular complexity index is 242. The molecule has 1 aliphatic heterocycles. The molecule has 0 amide bonds. The van der Waals surface area contributed by atoms with Crippen LogP contribution in [0.1, 0.15) is 64.7 Å². The summed E-state index contributed by atoms with van der Waals surface area (Å²) in [5.41, 5.74) is 0.559. The van der Waals surface area contributed by atoms with Crippen molar-refractivity contribution in [1.29, 1.82) is 0 Å². The van der Waals surface area contributed by atoms with Crippen molar-refractivity contribution >= 4 is 0 Å². The van der Waals surface area contributed by atoms with Crippen molar-refractivity contribution in [2.24, 2.45) is 17.8 Å². The molecule has 3 rings (SSSR count). The summed E-state index contributed by atoms with van der Waals surface area (Å²) >= 11 is 0. The zero-order valence-corrected chi connectivity index (χ0v) is 10.8. The standard InChI is InChI=1S/C15H27N/c1-2-6-15(7-3-8-16-15)11-14-10-12-4-5-13(14)9-12/h12-14,16H,2-11H2,1H3. The van der Waals surface area contributed by atoms with Crippen LogP contribution in [0.5, 0.6) is 0 Å². The summed E-state index contributed by atoms with van der Waals surface area (Å²) in [7, 11) is 0. The van der Waals surface area contributed by atoms with Gasteiger partial charge < -0.3 is 5.32 Å². The SMILES string of the molecule is CCCC1(CC2CC3CCC2C3)CCCN1. The molecule has 92 valence electrons. The van der Waals surface area contributed by atoms with Crippen LogP contribution in [0.25, 0.3) is 0 Å². The fourth-order valence-electron chi connectivity index (χ4n) is 4.97. The molecule has 0 aromatic heterocycles. The van der Waals surface area contributed by atoms with Crippen molar-refractivity contribution in [3.05, 3.63) is 0 Å². The third-order valence-electron chi connectivity index (χ3n) is 5.60. The molecule has 1 heteroatoms. The van der Waals surface area contributed by atoms with E-state index in [9.17, 15) is 0 Å². The third-order valence-corrected chi connectivity index (χ3v) is 5.60. The average molecular weight is 221 g/mol. The molecule has 2 saturated carbocycles. The first-order valence-corrected chi connectivity index (χ1v) is 7.56. The minimum Gasteiger partial charge on any atom is -0.311 e. The van der Waals surface area contributed by atoms with E-state index in [2.05, 4.69) is 12.2 Å². The van der Waals surface area contributed by atoms with Crippen LogP contribution >= 0.6 is 0 Å². The molecule has 0 aromatic carbocycles. The van der Waals surface area contributed by atoms with E-state index in [1.807, 2.05) is 0 Å². The summed E-state index contributed by atoms with van der Waals surface area (Å²) in [6.07, 6.45) is 13.4. The first kappa shape index (κ1) is 11.1. The molecule has 16 heavy (non-hydrogen) atoms. The lowest BCUT2D eigenvalue weighted by atomic mass is 9.76.